The van der Waals surface area contributed by atoms with Crippen molar-refractivity contribution in [2.75, 3.05) is 7.05 Å². The van der Waals surface area contributed by atoms with Gasteiger partial charge in [0.05, 0.1) is 9.95 Å². The zero-order valence-electron chi connectivity index (χ0n) is 11.6. The number of sulfonamides is 1. The van der Waals surface area contributed by atoms with Gasteiger partial charge in [0.1, 0.15) is 4.90 Å². The van der Waals surface area contributed by atoms with Crippen molar-refractivity contribution in [2.24, 2.45) is 0 Å². The average Bonchev–Trinajstić information content (AvgIpc) is 2.48. The molecule has 0 bridgehead atoms. The first-order valence-electron chi connectivity index (χ1n) is 6.26. The molecule has 0 saturated carbocycles. The topological polar surface area (TPSA) is 80.5 Å². The Morgan fingerprint density at radius 1 is 1.14 bits per heavy atom. The molecule has 116 valence electrons. The summed E-state index contributed by atoms with van der Waals surface area (Å²) in [6, 6.07) is 11.9. The van der Waals surface area contributed by atoms with Crippen LogP contribution in [0.3, 0.4) is 0 Å². The van der Waals surface area contributed by atoms with Crippen molar-refractivity contribution < 1.29 is 13.3 Å². The monoisotopic (exact) mass is 340 g/mol. The van der Waals surface area contributed by atoms with Crippen LogP contribution in [0.25, 0.3) is 0 Å². The normalized spacial score (nSPS) is 11.6. The van der Waals surface area contributed by atoms with Crippen LogP contribution in [0.1, 0.15) is 5.56 Å². The molecule has 22 heavy (non-hydrogen) atoms. The first-order chi connectivity index (χ1) is 10.3. The van der Waals surface area contributed by atoms with Gasteiger partial charge in [0, 0.05) is 25.7 Å². The lowest BCUT2D eigenvalue weighted by molar-refractivity contribution is -0.384. The van der Waals surface area contributed by atoms with Crippen LogP contribution in [0.5, 0.6) is 0 Å². The van der Waals surface area contributed by atoms with Crippen molar-refractivity contribution in [1.29, 1.82) is 0 Å². The Hall–Kier alpha value is -1.96. The highest BCUT2D eigenvalue weighted by Crippen LogP contribution is 2.24. The molecule has 0 aliphatic carbocycles. The van der Waals surface area contributed by atoms with E-state index < -0.39 is 14.9 Å². The van der Waals surface area contributed by atoms with E-state index in [0.29, 0.717) is 5.56 Å². The third-order valence-corrected chi connectivity index (χ3v) is 5.38. The number of non-ortho nitro benzene ring substituents is 1. The fourth-order valence-electron chi connectivity index (χ4n) is 1.89. The predicted molar refractivity (Wildman–Crippen MR) is 83.2 cm³/mol. The Kier molecular flexibility index (Phi) is 4.80. The van der Waals surface area contributed by atoms with Gasteiger partial charge in [-0.3, -0.25) is 10.1 Å². The summed E-state index contributed by atoms with van der Waals surface area (Å²) in [6.07, 6.45) is 0. The number of halogens is 1. The maximum Gasteiger partial charge on any atom is 0.269 e. The van der Waals surface area contributed by atoms with E-state index in [1.165, 1.54) is 43.4 Å². The highest BCUT2D eigenvalue weighted by Gasteiger charge is 2.23. The van der Waals surface area contributed by atoms with Gasteiger partial charge in [-0.15, -0.1) is 0 Å². The highest BCUT2D eigenvalue weighted by molar-refractivity contribution is 7.89. The van der Waals surface area contributed by atoms with E-state index in [0.717, 1.165) is 4.31 Å². The third kappa shape index (κ3) is 3.44. The van der Waals surface area contributed by atoms with Crippen molar-refractivity contribution >= 4 is 27.3 Å². The lowest BCUT2D eigenvalue weighted by Crippen LogP contribution is -2.26. The van der Waals surface area contributed by atoms with Crippen LogP contribution < -0.4 is 0 Å². The number of nitro groups is 1. The SMILES string of the molecule is CN(Cc1ccc([N+](=O)[O-])cc1)S(=O)(=O)c1ccccc1Cl. The smallest absolute Gasteiger partial charge is 0.258 e. The maximum absolute atomic E-state index is 12.5. The minimum absolute atomic E-state index is 0.0288. The summed E-state index contributed by atoms with van der Waals surface area (Å²) in [5.74, 6) is 0. The Labute approximate surface area is 133 Å². The molecular formula is C14H13ClN2O4S. The molecule has 0 aromatic heterocycles. The Bertz CT molecular complexity index is 791. The minimum atomic E-state index is -3.73. The van der Waals surface area contributed by atoms with Gasteiger partial charge >= 0.3 is 0 Å². The first kappa shape index (κ1) is 16.4. The summed E-state index contributed by atoms with van der Waals surface area (Å²) in [5.41, 5.74) is 0.601. The molecule has 0 spiro atoms. The zero-order chi connectivity index (χ0) is 16.3. The molecule has 0 aliphatic heterocycles. The zero-order valence-corrected chi connectivity index (χ0v) is 13.2. The van der Waals surface area contributed by atoms with E-state index in [9.17, 15) is 18.5 Å². The first-order valence-corrected chi connectivity index (χ1v) is 8.08. The van der Waals surface area contributed by atoms with Crippen LogP contribution in [0.4, 0.5) is 5.69 Å². The van der Waals surface area contributed by atoms with Crippen molar-refractivity contribution in [3.63, 3.8) is 0 Å². The number of benzene rings is 2. The van der Waals surface area contributed by atoms with Crippen LogP contribution in [0, 0.1) is 10.1 Å². The van der Waals surface area contributed by atoms with Gasteiger partial charge < -0.3 is 0 Å². The number of nitrogens with zero attached hydrogens (tertiary/aromatic N) is 2. The van der Waals surface area contributed by atoms with Gasteiger partial charge in [-0.25, -0.2) is 8.42 Å². The molecule has 0 unspecified atom stereocenters. The standard InChI is InChI=1S/C14H13ClN2O4S/c1-16(10-11-6-8-12(9-7-11)17(18)19)22(20,21)14-5-3-2-4-13(14)15/h2-9H,10H2,1H3. The van der Waals surface area contributed by atoms with E-state index in [1.807, 2.05) is 0 Å². The van der Waals surface area contributed by atoms with Crippen LogP contribution in [0.2, 0.25) is 5.02 Å². The quantitative estimate of drug-likeness (QED) is 0.618. The number of rotatable bonds is 5. The fraction of sp³-hybridized carbons (Fsp3) is 0.143. The van der Waals surface area contributed by atoms with Gasteiger partial charge in [-0.1, -0.05) is 35.9 Å². The Morgan fingerprint density at radius 3 is 2.27 bits per heavy atom. The Morgan fingerprint density at radius 2 is 1.73 bits per heavy atom. The van der Waals surface area contributed by atoms with Gasteiger partial charge in [0.15, 0.2) is 0 Å². The fourth-order valence-corrected chi connectivity index (χ4v) is 3.54. The van der Waals surface area contributed by atoms with Crippen molar-refractivity contribution in [2.45, 2.75) is 11.4 Å². The van der Waals surface area contributed by atoms with E-state index in [1.54, 1.807) is 12.1 Å². The second-order valence-corrected chi connectivity index (χ2v) is 7.04. The molecule has 0 saturated heterocycles. The lowest BCUT2D eigenvalue weighted by atomic mass is 10.2. The van der Waals surface area contributed by atoms with Crippen molar-refractivity contribution in [1.82, 2.24) is 4.31 Å². The molecule has 2 rings (SSSR count). The molecule has 0 atom stereocenters. The molecule has 6 nitrogen and oxygen atoms in total. The lowest BCUT2D eigenvalue weighted by Gasteiger charge is -2.18. The van der Waals surface area contributed by atoms with E-state index in [4.69, 9.17) is 11.6 Å². The molecule has 0 radical (unpaired) electrons. The summed E-state index contributed by atoms with van der Waals surface area (Å²) in [5, 5.41) is 10.8. The molecule has 0 N–H and O–H groups in total. The second kappa shape index (κ2) is 6.43. The number of hydrogen-bond acceptors (Lipinski definition) is 4. The summed E-state index contributed by atoms with van der Waals surface area (Å²) >= 11 is 5.93. The van der Waals surface area contributed by atoms with Crippen molar-refractivity contribution in [3.05, 3.63) is 69.2 Å². The molecule has 0 heterocycles. The molecule has 0 fully saturated rings. The maximum atomic E-state index is 12.5. The van der Waals surface area contributed by atoms with Crippen LogP contribution in [0.15, 0.2) is 53.4 Å². The van der Waals surface area contributed by atoms with Crippen LogP contribution in [-0.2, 0) is 16.6 Å². The second-order valence-electron chi connectivity index (χ2n) is 4.62. The Balaban J connectivity index is 2.23. The van der Waals surface area contributed by atoms with Gasteiger partial charge in [-0.05, 0) is 17.7 Å². The van der Waals surface area contributed by atoms with Crippen LogP contribution >= 0.6 is 11.6 Å². The summed E-state index contributed by atoms with van der Waals surface area (Å²) in [4.78, 5) is 10.1. The molecule has 8 heteroatoms. The molecular weight excluding hydrogens is 328 g/mol. The third-order valence-electron chi connectivity index (χ3n) is 3.08. The van der Waals surface area contributed by atoms with Crippen molar-refractivity contribution in [3.8, 4) is 0 Å². The molecule has 0 aliphatic rings. The predicted octanol–water partition coefficient (Wildman–Crippen LogP) is 3.07. The summed E-state index contributed by atoms with van der Waals surface area (Å²) in [6.45, 7) is 0.0888. The largest absolute Gasteiger partial charge is 0.269 e. The van der Waals surface area contributed by atoms with Gasteiger partial charge in [0.25, 0.3) is 5.69 Å². The number of nitro benzene ring substituents is 1. The van der Waals surface area contributed by atoms with Crippen LogP contribution in [-0.4, -0.2) is 24.7 Å². The van der Waals surface area contributed by atoms with E-state index in [2.05, 4.69) is 0 Å². The van der Waals surface area contributed by atoms with E-state index >= 15 is 0 Å². The molecule has 2 aromatic rings. The minimum Gasteiger partial charge on any atom is -0.258 e. The number of hydrogen-bond donors (Lipinski definition) is 0. The molecule has 0 amide bonds. The average molecular weight is 341 g/mol. The van der Waals surface area contributed by atoms with E-state index in [-0.39, 0.29) is 22.2 Å². The summed E-state index contributed by atoms with van der Waals surface area (Å²) in [7, 11) is -2.30. The molecule has 2 aromatic carbocycles. The summed E-state index contributed by atoms with van der Waals surface area (Å²) < 4.78 is 26.1. The van der Waals surface area contributed by atoms with Gasteiger partial charge in [0.2, 0.25) is 10.0 Å². The van der Waals surface area contributed by atoms with Gasteiger partial charge in [-0.2, -0.15) is 4.31 Å². The highest BCUT2D eigenvalue weighted by atomic mass is 35.5.